The molecule has 1 aliphatic heterocycles. The van der Waals surface area contributed by atoms with Gasteiger partial charge in [0.2, 0.25) is 3.60 Å². The van der Waals surface area contributed by atoms with Gasteiger partial charge in [0.25, 0.3) is 5.91 Å². The first-order valence-electron chi connectivity index (χ1n) is 10.2. The molecule has 9 heteroatoms. The van der Waals surface area contributed by atoms with E-state index >= 15 is 0 Å². The lowest BCUT2D eigenvalue weighted by molar-refractivity contribution is 0.102. The molecule has 2 heterocycles. The first kappa shape index (κ1) is 22.7. The quantitative estimate of drug-likeness (QED) is 0.308. The molecule has 1 aliphatic rings. The van der Waals surface area contributed by atoms with Crippen molar-refractivity contribution in [3.8, 4) is 5.75 Å². The molecule has 1 aromatic heterocycles. The molecule has 4 rings (SSSR count). The number of pyridine rings is 1. The molecule has 0 aliphatic carbocycles. The van der Waals surface area contributed by atoms with Crippen LogP contribution in [0.5, 0.6) is 5.75 Å². The van der Waals surface area contributed by atoms with Crippen LogP contribution in [0.15, 0.2) is 72.9 Å². The Bertz CT molecular complexity index is 1030. The van der Waals surface area contributed by atoms with Gasteiger partial charge in [-0.3, -0.25) is 4.79 Å². The van der Waals surface area contributed by atoms with E-state index in [4.69, 9.17) is 4.74 Å². The van der Waals surface area contributed by atoms with E-state index in [1.54, 1.807) is 24.3 Å². The summed E-state index contributed by atoms with van der Waals surface area (Å²) in [7, 11) is 0. The van der Waals surface area contributed by atoms with Crippen molar-refractivity contribution in [2.24, 2.45) is 0 Å². The zero-order valence-corrected chi connectivity index (χ0v) is 19.9. The molecule has 0 radical (unpaired) electrons. The summed E-state index contributed by atoms with van der Waals surface area (Å²) in [6.07, 6.45) is 1.83. The monoisotopic (exact) mass is 484 g/mol. The average Bonchev–Trinajstić information content (AvgIpc) is 2.80. The highest BCUT2D eigenvalue weighted by Crippen LogP contribution is 2.29. The molecule has 2 aromatic carbocycles. The van der Waals surface area contributed by atoms with Crippen molar-refractivity contribution in [3.05, 3.63) is 78.5 Å². The normalized spacial score (nSPS) is 14.2. The van der Waals surface area contributed by atoms with Gasteiger partial charge >= 0.3 is 0 Å². The SMILES string of the molecule is O=C(Nc1ccc(N2CCN(c3ccccn3)CC2)cc1)c1ccc(OC(S)(S)S)cc1. The highest BCUT2D eigenvalue weighted by atomic mass is 32.2. The first-order chi connectivity index (χ1) is 15.4. The van der Waals surface area contributed by atoms with Crippen molar-refractivity contribution >= 4 is 61.0 Å². The van der Waals surface area contributed by atoms with Crippen molar-refractivity contribution in [2.45, 2.75) is 3.60 Å². The number of amides is 1. The fourth-order valence-corrected chi connectivity index (χ4v) is 3.84. The number of nitrogens with zero attached hydrogens (tertiary/aromatic N) is 3. The number of rotatable bonds is 6. The van der Waals surface area contributed by atoms with Gasteiger partial charge in [0.15, 0.2) is 0 Å². The van der Waals surface area contributed by atoms with Gasteiger partial charge in [0.05, 0.1) is 0 Å². The van der Waals surface area contributed by atoms with E-state index in [1.165, 1.54) is 0 Å². The minimum atomic E-state index is -1.18. The van der Waals surface area contributed by atoms with Crippen molar-refractivity contribution in [1.82, 2.24) is 4.98 Å². The molecule has 1 amide bonds. The molecular weight excluding hydrogens is 460 g/mol. The number of carbonyl (C=O) groups excluding carboxylic acids is 1. The van der Waals surface area contributed by atoms with E-state index in [0.717, 1.165) is 43.4 Å². The number of aromatic nitrogens is 1. The van der Waals surface area contributed by atoms with E-state index in [9.17, 15) is 4.79 Å². The third-order valence-corrected chi connectivity index (χ3v) is 5.39. The van der Waals surface area contributed by atoms with Crippen LogP contribution in [-0.2, 0) is 0 Å². The largest absolute Gasteiger partial charge is 0.459 e. The number of thiol groups is 3. The number of carbonyl (C=O) groups is 1. The van der Waals surface area contributed by atoms with Gasteiger partial charge < -0.3 is 19.9 Å². The van der Waals surface area contributed by atoms with Crippen molar-refractivity contribution < 1.29 is 9.53 Å². The number of anilines is 3. The molecule has 0 saturated carbocycles. The minimum Gasteiger partial charge on any atom is -0.459 e. The third-order valence-electron chi connectivity index (χ3n) is 5.11. The lowest BCUT2D eigenvalue weighted by Crippen LogP contribution is -2.46. The van der Waals surface area contributed by atoms with Crippen LogP contribution in [0.4, 0.5) is 17.2 Å². The lowest BCUT2D eigenvalue weighted by atomic mass is 10.2. The maximum absolute atomic E-state index is 12.5. The van der Waals surface area contributed by atoms with Crippen molar-refractivity contribution in [2.75, 3.05) is 41.3 Å². The Labute approximate surface area is 204 Å². The molecule has 1 N–H and O–H groups in total. The second-order valence-electron chi connectivity index (χ2n) is 7.36. The Morgan fingerprint density at radius 1 is 0.875 bits per heavy atom. The van der Waals surface area contributed by atoms with Crippen molar-refractivity contribution in [3.63, 3.8) is 0 Å². The molecule has 32 heavy (non-hydrogen) atoms. The molecule has 1 saturated heterocycles. The predicted octanol–water partition coefficient (Wildman–Crippen LogP) is 4.44. The summed E-state index contributed by atoms with van der Waals surface area (Å²) in [5.74, 6) is 1.35. The summed E-state index contributed by atoms with van der Waals surface area (Å²) in [4.78, 5) is 21.6. The molecule has 3 aromatic rings. The van der Waals surface area contributed by atoms with E-state index in [0.29, 0.717) is 11.3 Å². The number of piperazine rings is 1. The van der Waals surface area contributed by atoms with Gasteiger partial charge in [-0.05, 0) is 60.7 Å². The summed E-state index contributed by atoms with van der Waals surface area (Å²) < 4.78 is 4.22. The summed E-state index contributed by atoms with van der Waals surface area (Å²) >= 11 is 12.3. The van der Waals surface area contributed by atoms with Crippen LogP contribution in [0.1, 0.15) is 10.4 Å². The summed E-state index contributed by atoms with van der Waals surface area (Å²) in [5, 5.41) is 2.92. The Kier molecular flexibility index (Phi) is 7.07. The molecule has 0 bridgehead atoms. The van der Waals surface area contributed by atoms with Crippen molar-refractivity contribution in [1.29, 1.82) is 0 Å². The number of hydrogen-bond acceptors (Lipinski definition) is 8. The molecule has 1 fully saturated rings. The molecule has 0 unspecified atom stereocenters. The highest BCUT2D eigenvalue weighted by Gasteiger charge is 2.18. The standard InChI is InChI=1S/C23H24N4O2S3/c28-22(17-4-10-20(11-5-17)29-23(30,31)32)25-18-6-8-19(9-7-18)26-13-15-27(16-14-26)21-3-1-2-12-24-21/h1-12,30-32H,13-16H2,(H,25,28). The smallest absolute Gasteiger partial charge is 0.255 e. The van der Waals surface area contributed by atoms with Gasteiger partial charge in [0, 0.05) is 49.3 Å². The van der Waals surface area contributed by atoms with E-state index < -0.39 is 3.60 Å². The number of hydrogen-bond donors (Lipinski definition) is 4. The summed E-state index contributed by atoms with van der Waals surface area (Å²) in [6, 6.07) is 20.6. The van der Waals surface area contributed by atoms with Gasteiger partial charge in [-0.1, -0.05) is 6.07 Å². The molecule has 166 valence electrons. The summed E-state index contributed by atoms with van der Waals surface area (Å²) in [6.45, 7) is 3.68. The third kappa shape index (κ3) is 6.05. The van der Waals surface area contributed by atoms with E-state index in [-0.39, 0.29) is 5.91 Å². The molecule has 0 atom stereocenters. The second-order valence-corrected chi connectivity index (χ2v) is 10.3. The fourth-order valence-electron chi connectivity index (χ4n) is 3.53. The predicted molar refractivity (Wildman–Crippen MR) is 140 cm³/mol. The first-order valence-corrected chi connectivity index (χ1v) is 11.5. The second kappa shape index (κ2) is 9.97. The van der Waals surface area contributed by atoms with Gasteiger partial charge in [-0.25, -0.2) is 4.98 Å². The number of ether oxygens (including phenoxy) is 1. The summed E-state index contributed by atoms with van der Waals surface area (Å²) in [5.41, 5.74) is 2.40. The van der Waals surface area contributed by atoms with Crippen LogP contribution in [0.25, 0.3) is 0 Å². The Balaban J connectivity index is 1.31. The maximum atomic E-state index is 12.5. The van der Waals surface area contributed by atoms with Crippen LogP contribution in [0.2, 0.25) is 0 Å². The van der Waals surface area contributed by atoms with Crippen LogP contribution in [0.3, 0.4) is 0 Å². The fraction of sp³-hybridized carbons (Fsp3) is 0.217. The average molecular weight is 485 g/mol. The molecule has 0 spiro atoms. The lowest BCUT2D eigenvalue weighted by Gasteiger charge is -2.36. The Hall–Kier alpha value is -2.49. The van der Waals surface area contributed by atoms with Crippen LogP contribution in [-0.4, -0.2) is 40.7 Å². The Morgan fingerprint density at radius 2 is 1.53 bits per heavy atom. The van der Waals surface area contributed by atoms with Crippen LogP contribution < -0.4 is 19.9 Å². The van der Waals surface area contributed by atoms with Gasteiger partial charge in [0.1, 0.15) is 11.6 Å². The van der Waals surface area contributed by atoms with Gasteiger partial charge in [-0.15, -0.1) is 37.9 Å². The topological polar surface area (TPSA) is 57.7 Å². The number of nitrogens with one attached hydrogen (secondary N) is 1. The van der Waals surface area contributed by atoms with E-state index in [2.05, 4.69) is 58.0 Å². The zero-order chi connectivity index (χ0) is 22.6. The Morgan fingerprint density at radius 3 is 2.12 bits per heavy atom. The molecule has 6 nitrogen and oxygen atoms in total. The van der Waals surface area contributed by atoms with Gasteiger partial charge in [-0.2, -0.15) is 0 Å². The maximum Gasteiger partial charge on any atom is 0.255 e. The molecular formula is C23H24N4O2S3. The highest BCUT2D eigenvalue weighted by molar-refractivity contribution is 8.16. The zero-order valence-electron chi connectivity index (χ0n) is 17.3. The number of benzene rings is 2. The van der Waals surface area contributed by atoms with Crippen LogP contribution >= 0.6 is 37.9 Å². The van der Waals surface area contributed by atoms with Crippen LogP contribution in [0, 0.1) is 0 Å². The minimum absolute atomic E-state index is 0.192. The van der Waals surface area contributed by atoms with E-state index in [1.807, 2.05) is 48.7 Å².